The van der Waals surface area contributed by atoms with E-state index in [1.165, 1.54) is 24.0 Å². The largest absolute Gasteiger partial charge is 0.508 e. The number of benzene rings is 1. The molecule has 1 aliphatic carbocycles. The fourth-order valence-corrected chi connectivity index (χ4v) is 3.73. The summed E-state index contributed by atoms with van der Waals surface area (Å²) in [5.74, 6) is 1.13. The molecule has 0 spiro atoms. The lowest BCUT2D eigenvalue weighted by Crippen LogP contribution is -2.45. The summed E-state index contributed by atoms with van der Waals surface area (Å²) in [4.78, 5) is 4.29. The summed E-state index contributed by atoms with van der Waals surface area (Å²) >= 11 is 0. The number of phenols is 1. The molecule has 1 aliphatic heterocycles. The third-order valence-corrected chi connectivity index (χ3v) is 5.21. The van der Waals surface area contributed by atoms with E-state index in [0.717, 1.165) is 50.4 Å². The number of phenolic OH excluding ortho intramolecular Hbond substituents is 1. The summed E-state index contributed by atoms with van der Waals surface area (Å²) in [6.07, 6.45) is 6.81. The van der Waals surface area contributed by atoms with E-state index in [1.807, 2.05) is 6.07 Å². The zero-order valence-corrected chi connectivity index (χ0v) is 17.6. The summed E-state index contributed by atoms with van der Waals surface area (Å²) in [6, 6.07) is 3.89. The number of aromatic hydroxyl groups is 1. The van der Waals surface area contributed by atoms with Gasteiger partial charge in [0, 0.05) is 32.3 Å². The minimum absolute atomic E-state index is 0. The number of aliphatic imine (C=N–C) groups is 1. The minimum atomic E-state index is -0.105. The Morgan fingerprint density at radius 1 is 1.24 bits per heavy atom. The first-order valence-electron chi connectivity index (χ1n) is 9.02. The van der Waals surface area contributed by atoms with Crippen molar-refractivity contribution in [1.29, 1.82) is 0 Å². The molecule has 0 aromatic heterocycles. The van der Waals surface area contributed by atoms with Crippen molar-refractivity contribution >= 4 is 29.9 Å². The molecular weight excluding hydrogens is 429 g/mol. The lowest BCUT2D eigenvalue weighted by molar-refractivity contribution is 0.0243. The molecule has 5 nitrogen and oxygen atoms in total. The number of nitrogens with zero attached hydrogens (tertiary/aromatic N) is 1. The van der Waals surface area contributed by atoms with Crippen LogP contribution in [0.5, 0.6) is 5.75 Å². The summed E-state index contributed by atoms with van der Waals surface area (Å²) in [5.41, 5.74) is 3.60. The molecule has 1 heterocycles. The molecular formula is C19H30IN3O2. The van der Waals surface area contributed by atoms with Crippen molar-refractivity contribution in [2.45, 2.75) is 57.6 Å². The molecule has 3 N–H and O–H groups in total. The highest BCUT2D eigenvalue weighted by atomic mass is 127. The van der Waals surface area contributed by atoms with Gasteiger partial charge < -0.3 is 20.5 Å². The van der Waals surface area contributed by atoms with Crippen LogP contribution in [0.3, 0.4) is 0 Å². The second-order valence-corrected chi connectivity index (χ2v) is 7.09. The molecule has 3 rings (SSSR count). The van der Waals surface area contributed by atoms with Gasteiger partial charge in [-0.05, 0) is 62.6 Å². The topological polar surface area (TPSA) is 65.9 Å². The van der Waals surface area contributed by atoms with Gasteiger partial charge in [-0.3, -0.25) is 4.99 Å². The Kier molecular flexibility index (Phi) is 7.37. The van der Waals surface area contributed by atoms with Crippen LogP contribution in [0.4, 0.5) is 0 Å². The van der Waals surface area contributed by atoms with Crippen LogP contribution >= 0.6 is 24.0 Å². The van der Waals surface area contributed by atoms with E-state index in [4.69, 9.17) is 4.74 Å². The summed E-state index contributed by atoms with van der Waals surface area (Å²) in [7, 11) is 1.77. The fraction of sp³-hybridized carbons (Fsp3) is 0.632. The summed E-state index contributed by atoms with van der Waals surface area (Å²) in [6.45, 7) is 4.31. The number of hydrogen-bond acceptors (Lipinski definition) is 3. The van der Waals surface area contributed by atoms with Gasteiger partial charge in [0.05, 0.1) is 5.60 Å². The highest BCUT2D eigenvalue weighted by molar-refractivity contribution is 14.0. The molecule has 0 amide bonds. The summed E-state index contributed by atoms with van der Waals surface area (Å²) < 4.78 is 5.81. The van der Waals surface area contributed by atoms with Crippen LogP contribution in [0.2, 0.25) is 0 Å². The van der Waals surface area contributed by atoms with Crippen molar-refractivity contribution in [1.82, 2.24) is 10.6 Å². The standard InChI is InChI=1S/C19H29N3O2.HI/c1-19(10-5-11-24-19)13-22-18(20-2)21-12-16-15-7-4-3-6-14(15)8-9-17(16)23;/h8-9,23H,3-7,10-13H2,1-2H3,(H2,20,21,22);1H. The van der Waals surface area contributed by atoms with Crippen molar-refractivity contribution in [3.8, 4) is 5.75 Å². The van der Waals surface area contributed by atoms with E-state index in [0.29, 0.717) is 12.3 Å². The molecule has 2 aliphatic rings. The second-order valence-electron chi connectivity index (χ2n) is 7.09. The average Bonchev–Trinajstić information content (AvgIpc) is 3.03. The van der Waals surface area contributed by atoms with E-state index in [1.54, 1.807) is 7.05 Å². The van der Waals surface area contributed by atoms with Crippen molar-refractivity contribution < 1.29 is 9.84 Å². The Hall–Kier alpha value is -1.02. The van der Waals surface area contributed by atoms with Crippen molar-refractivity contribution in [2.24, 2.45) is 4.99 Å². The van der Waals surface area contributed by atoms with Gasteiger partial charge in [-0.1, -0.05) is 6.07 Å². The van der Waals surface area contributed by atoms with Gasteiger partial charge in [-0.15, -0.1) is 24.0 Å². The molecule has 1 atom stereocenters. The minimum Gasteiger partial charge on any atom is -0.508 e. The first kappa shape index (κ1) is 20.3. The molecule has 0 saturated carbocycles. The van der Waals surface area contributed by atoms with Crippen LogP contribution in [0.1, 0.15) is 49.3 Å². The van der Waals surface area contributed by atoms with Crippen molar-refractivity contribution in [3.63, 3.8) is 0 Å². The van der Waals surface area contributed by atoms with Crippen molar-refractivity contribution in [3.05, 3.63) is 28.8 Å². The van der Waals surface area contributed by atoms with Crippen LogP contribution in [0.25, 0.3) is 0 Å². The zero-order chi connectivity index (χ0) is 17.0. The van der Waals surface area contributed by atoms with E-state index < -0.39 is 0 Å². The molecule has 1 aromatic rings. The molecule has 1 unspecified atom stereocenters. The maximum atomic E-state index is 10.3. The molecule has 0 radical (unpaired) electrons. The number of fused-ring (bicyclic) bond motifs is 1. The van der Waals surface area contributed by atoms with Gasteiger partial charge in [0.15, 0.2) is 5.96 Å². The van der Waals surface area contributed by atoms with E-state index in [9.17, 15) is 5.11 Å². The predicted molar refractivity (Wildman–Crippen MR) is 112 cm³/mol. The third kappa shape index (κ3) is 5.00. The first-order chi connectivity index (χ1) is 11.6. The lowest BCUT2D eigenvalue weighted by Gasteiger charge is -2.25. The SMILES string of the molecule is CN=C(NCc1c(O)ccc2c1CCCC2)NCC1(C)CCCO1.I. The second kappa shape index (κ2) is 9.07. The number of rotatable bonds is 4. The molecule has 1 saturated heterocycles. The highest BCUT2D eigenvalue weighted by Gasteiger charge is 2.29. The van der Waals surface area contributed by atoms with Gasteiger partial charge in [0.25, 0.3) is 0 Å². The number of hydrogen-bond donors (Lipinski definition) is 3. The van der Waals surface area contributed by atoms with Gasteiger partial charge in [-0.2, -0.15) is 0 Å². The number of guanidine groups is 1. The number of nitrogens with one attached hydrogen (secondary N) is 2. The van der Waals surface area contributed by atoms with Crippen LogP contribution in [0, 0.1) is 0 Å². The Morgan fingerprint density at radius 3 is 2.76 bits per heavy atom. The number of aryl methyl sites for hydroxylation is 1. The highest BCUT2D eigenvalue weighted by Crippen LogP contribution is 2.30. The smallest absolute Gasteiger partial charge is 0.191 e. The number of ether oxygens (including phenoxy) is 1. The zero-order valence-electron chi connectivity index (χ0n) is 15.2. The van der Waals surface area contributed by atoms with Gasteiger partial charge >= 0.3 is 0 Å². The fourth-order valence-electron chi connectivity index (χ4n) is 3.73. The van der Waals surface area contributed by atoms with Crippen LogP contribution < -0.4 is 10.6 Å². The maximum absolute atomic E-state index is 10.3. The Bertz CT molecular complexity index is 613. The lowest BCUT2D eigenvalue weighted by atomic mass is 9.88. The van der Waals surface area contributed by atoms with Crippen LogP contribution in [-0.2, 0) is 24.1 Å². The Labute approximate surface area is 167 Å². The van der Waals surface area contributed by atoms with Crippen LogP contribution in [-0.4, -0.2) is 36.9 Å². The Morgan fingerprint density at radius 2 is 2.04 bits per heavy atom. The third-order valence-electron chi connectivity index (χ3n) is 5.21. The summed E-state index contributed by atoms with van der Waals surface area (Å²) in [5, 5.41) is 17.0. The normalized spacial score (nSPS) is 22.9. The predicted octanol–water partition coefficient (Wildman–Crippen LogP) is 3.12. The maximum Gasteiger partial charge on any atom is 0.191 e. The average molecular weight is 459 g/mol. The van der Waals surface area contributed by atoms with Crippen LogP contribution in [0.15, 0.2) is 17.1 Å². The first-order valence-corrected chi connectivity index (χ1v) is 9.02. The molecule has 1 aromatic carbocycles. The molecule has 0 bridgehead atoms. The molecule has 6 heteroatoms. The van der Waals surface area contributed by atoms with E-state index in [-0.39, 0.29) is 29.6 Å². The quantitative estimate of drug-likeness (QED) is 0.368. The van der Waals surface area contributed by atoms with Crippen molar-refractivity contribution in [2.75, 3.05) is 20.2 Å². The molecule has 1 fully saturated rings. The van der Waals surface area contributed by atoms with Gasteiger partial charge in [0.2, 0.25) is 0 Å². The van der Waals surface area contributed by atoms with Gasteiger partial charge in [0.1, 0.15) is 5.75 Å². The monoisotopic (exact) mass is 459 g/mol. The molecule has 25 heavy (non-hydrogen) atoms. The number of halogens is 1. The van der Waals surface area contributed by atoms with E-state index in [2.05, 4.69) is 28.6 Å². The molecule has 140 valence electrons. The van der Waals surface area contributed by atoms with E-state index >= 15 is 0 Å². The Balaban J connectivity index is 0.00000225. The van der Waals surface area contributed by atoms with Gasteiger partial charge in [-0.25, -0.2) is 0 Å².